The normalized spacial score (nSPS) is 16.5. The van der Waals surface area contributed by atoms with Gasteiger partial charge in [-0.3, -0.25) is 9.59 Å². The molecule has 0 radical (unpaired) electrons. The number of allylic oxidation sites excluding steroid dienone is 1. The molecule has 0 aliphatic carbocycles. The number of esters is 1. The van der Waals surface area contributed by atoms with E-state index in [4.69, 9.17) is 4.74 Å². The monoisotopic (exact) mass is 448 g/mol. The molecule has 174 valence electrons. The number of hydrogen-bond donors (Lipinski definition) is 1. The summed E-state index contributed by atoms with van der Waals surface area (Å²) >= 11 is 0. The lowest BCUT2D eigenvalue weighted by Crippen LogP contribution is -2.45. The fourth-order valence-corrected chi connectivity index (χ4v) is 4.11. The van der Waals surface area contributed by atoms with Gasteiger partial charge in [-0.05, 0) is 36.6 Å². The molecular weight excluding hydrogens is 416 g/mol. The maximum absolute atomic E-state index is 12.7. The Bertz CT molecular complexity index is 1080. The van der Waals surface area contributed by atoms with E-state index in [1.54, 1.807) is 18.2 Å². The molecule has 1 amide bonds. The van der Waals surface area contributed by atoms with Crippen molar-refractivity contribution in [2.45, 2.75) is 46.1 Å². The van der Waals surface area contributed by atoms with Crippen LogP contribution in [0, 0.1) is 12.8 Å². The number of likely N-dealkylation sites (N-methyl/N-ethyl adjacent to an activating group) is 1. The van der Waals surface area contributed by atoms with E-state index in [1.165, 1.54) is 0 Å². The summed E-state index contributed by atoms with van der Waals surface area (Å²) < 4.78 is 5.31. The van der Waals surface area contributed by atoms with E-state index in [1.807, 2.05) is 63.1 Å². The maximum Gasteiger partial charge on any atom is 0.329 e. The smallest absolute Gasteiger partial charge is 0.329 e. The lowest BCUT2D eigenvalue weighted by molar-refractivity contribution is -0.150. The van der Waals surface area contributed by atoms with E-state index in [2.05, 4.69) is 25.2 Å². The van der Waals surface area contributed by atoms with Gasteiger partial charge in [-0.2, -0.15) is 0 Å². The zero-order valence-corrected chi connectivity index (χ0v) is 20.1. The Hall–Kier alpha value is -3.41. The van der Waals surface area contributed by atoms with E-state index < -0.39 is 12.0 Å². The quantitative estimate of drug-likeness (QED) is 0.508. The first-order valence-electron chi connectivity index (χ1n) is 11.1. The van der Waals surface area contributed by atoms with Crippen molar-refractivity contribution in [2.24, 2.45) is 5.92 Å². The molecule has 1 aliphatic rings. The van der Waals surface area contributed by atoms with Crippen LogP contribution in [-0.4, -0.2) is 37.4 Å². The molecule has 3 rings (SSSR count). The van der Waals surface area contributed by atoms with Crippen LogP contribution in [-0.2, 0) is 19.7 Å². The second kappa shape index (κ2) is 9.61. The van der Waals surface area contributed by atoms with E-state index in [9.17, 15) is 14.4 Å². The summed E-state index contributed by atoms with van der Waals surface area (Å²) in [6.45, 7) is 9.32. The molecule has 6 nitrogen and oxygen atoms in total. The Morgan fingerprint density at radius 2 is 1.70 bits per heavy atom. The van der Waals surface area contributed by atoms with Crippen molar-refractivity contribution < 1.29 is 19.1 Å². The van der Waals surface area contributed by atoms with Crippen molar-refractivity contribution in [2.75, 3.05) is 18.6 Å². The topological polar surface area (TPSA) is 75.7 Å². The fourth-order valence-electron chi connectivity index (χ4n) is 4.11. The summed E-state index contributed by atoms with van der Waals surface area (Å²) in [5.41, 5.74) is 4.20. The minimum absolute atomic E-state index is 0.199. The molecule has 1 N–H and O–H groups in total. The average Bonchev–Trinajstić information content (AvgIpc) is 2.96. The van der Waals surface area contributed by atoms with Crippen molar-refractivity contribution in [3.8, 4) is 0 Å². The molecule has 6 heteroatoms. The standard InChI is InChI=1S/C27H32N2O4/c1-17(2)24(28-25(31)19-13-11-18(3)12-14-19)26(32)33-16-20(30)15-23-27(4,5)21-9-7-8-10-22(21)29(23)6/h7-15,17,24H,16H2,1-6H3,(H,28,31). The van der Waals surface area contributed by atoms with Gasteiger partial charge in [0.05, 0.1) is 0 Å². The molecule has 2 aromatic rings. The fraction of sp³-hybridized carbons (Fsp3) is 0.370. The van der Waals surface area contributed by atoms with Gasteiger partial charge in [0, 0.05) is 35.5 Å². The Kier molecular flexibility index (Phi) is 7.06. The largest absolute Gasteiger partial charge is 0.456 e. The molecule has 2 aromatic carbocycles. The Labute approximate surface area is 195 Å². The highest BCUT2D eigenvalue weighted by atomic mass is 16.5. The van der Waals surface area contributed by atoms with Crippen LogP contribution in [0.2, 0.25) is 0 Å². The number of benzene rings is 2. The molecule has 0 fully saturated rings. The molecule has 0 saturated heterocycles. The van der Waals surface area contributed by atoms with Gasteiger partial charge in [0.1, 0.15) is 6.04 Å². The number of nitrogens with zero attached hydrogens (tertiary/aromatic N) is 1. The first-order chi connectivity index (χ1) is 15.5. The molecule has 33 heavy (non-hydrogen) atoms. The van der Waals surface area contributed by atoms with Gasteiger partial charge in [0.15, 0.2) is 12.4 Å². The third kappa shape index (κ3) is 5.16. The summed E-state index contributed by atoms with van der Waals surface area (Å²) in [6.07, 6.45) is 1.54. The minimum Gasteiger partial charge on any atom is -0.456 e. The van der Waals surface area contributed by atoms with E-state index in [0.29, 0.717) is 5.56 Å². The summed E-state index contributed by atoms with van der Waals surface area (Å²) in [4.78, 5) is 39.9. The molecule has 0 saturated carbocycles. The highest BCUT2D eigenvalue weighted by molar-refractivity contribution is 5.98. The predicted molar refractivity (Wildman–Crippen MR) is 129 cm³/mol. The van der Waals surface area contributed by atoms with Crippen LogP contribution in [0.1, 0.15) is 49.2 Å². The lowest BCUT2D eigenvalue weighted by atomic mass is 9.83. The first kappa shape index (κ1) is 24.2. The number of hydrogen-bond acceptors (Lipinski definition) is 5. The predicted octanol–water partition coefficient (Wildman–Crippen LogP) is 4.17. The molecule has 0 aromatic heterocycles. The minimum atomic E-state index is -0.853. The van der Waals surface area contributed by atoms with Crippen LogP contribution < -0.4 is 10.2 Å². The first-order valence-corrected chi connectivity index (χ1v) is 11.1. The van der Waals surface area contributed by atoms with E-state index >= 15 is 0 Å². The van der Waals surface area contributed by atoms with Gasteiger partial charge in [0.25, 0.3) is 5.91 Å². The summed E-state index contributed by atoms with van der Waals surface area (Å²) in [5.74, 6) is -1.49. The molecule has 1 atom stereocenters. The highest BCUT2D eigenvalue weighted by Gasteiger charge is 2.38. The van der Waals surface area contributed by atoms with Crippen LogP contribution in [0.5, 0.6) is 0 Å². The van der Waals surface area contributed by atoms with E-state index in [-0.39, 0.29) is 29.6 Å². The number of carbonyl (C=O) groups excluding carboxylic acids is 3. The molecule has 0 bridgehead atoms. The number of para-hydroxylation sites is 1. The Balaban J connectivity index is 1.65. The number of amides is 1. The van der Waals surface area contributed by atoms with Crippen LogP contribution in [0.25, 0.3) is 0 Å². The SMILES string of the molecule is Cc1ccc(C(=O)NC(C(=O)OCC(=O)C=C2N(C)c3ccccc3C2(C)C)C(C)C)cc1. The van der Waals surface area contributed by atoms with Crippen LogP contribution >= 0.6 is 0 Å². The van der Waals surface area contributed by atoms with Crippen molar-refractivity contribution in [1.29, 1.82) is 0 Å². The lowest BCUT2D eigenvalue weighted by Gasteiger charge is -2.24. The number of rotatable bonds is 7. The van der Waals surface area contributed by atoms with Gasteiger partial charge in [0.2, 0.25) is 0 Å². The molecule has 1 heterocycles. The van der Waals surface area contributed by atoms with Crippen LogP contribution in [0.15, 0.2) is 60.3 Å². The third-order valence-corrected chi connectivity index (χ3v) is 6.12. The van der Waals surface area contributed by atoms with Gasteiger partial charge in [-0.25, -0.2) is 4.79 Å². The Morgan fingerprint density at radius 1 is 1.06 bits per heavy atom. The van der Waals surface area contributed by atoms with Crippen molar-refractivity contribution in [3.05, 3.63) is 77.0 Å². The summed E-state index contributed by atoms with van der Waals surface area (Å²) in [6, 6.07) is 14.3. The highest BCUT2D eigenvalue weighted by Crippen LogP contribution is 2.46. The van der Waals surface area contributed by atoms with Gasteiger partial charge in [-0.1, -0.05) is 63.6 Å². The number of anilines is 1. The molecule has 1 aliphatic heterocycles. The molecular formula is C27H32N2O4. The number of carbonyl (C=O) groups is 3. The number of fused-ring (bicyclic) bond motifs is 1. The summed E-state index contributed by atoms with van der Waals surface area (Å²) in [5, 5.41) is 2.73. The molecule has 1 unspecified atom stereocenters. The van der Waals surface area contributed by atoms with Crippen LogP contribution in [0.3, 0.4) is 0 Å². The van der Waals surface area contributed by atoms with Gasteiger partial charge < -0.3 is 15.0 Å². The number of aryl methyl sites for hydroxylation is 1. The summed E-state index contributed by atoms with van der Waals surface area (Å²) in [7, 11) is 1.92. The Morgan fingerprint density at radius 3 is 2.30 bits per heavy atom. The average molecular weight is 449 g/mol. The maximum atomic E-state index is 12.7. The number of ether oxygens (including phenoxy) is 1. The van der Waals surface area contributed by atoms with Gasteiger partial charge >= 0.3 is 5.97 Å². The van der Waals surface area contributed by atoms with Crippen molar-refractivity contribution >= 4 is 23.3 Å². The molecule has 0 spiro atoms. The second-order valence-electron chi connectivity index (χ2n) is 9.37. The van der Waals surface area contributed by atoms with Crippen molar-refractivity contribution in [1.82, 2.24) is 5.32 Å². The van der Waals surface area contributed by atoms with Crippen molar-refractivity contribution in [3.63, 3.8) is 0 Å². The second-order valence-corrected chi connectivity index (χ2v) is 9.37. The van der Waals surface area contributed by atoms with E-state index in [0.717, 1.165) is 22.5 Å². The zero-order valence-electron chi connectivity index (χ0n) is 20.1. The zero-order chi connectivity index (χ0) is 24.3. The van der Waals surface area contributed by atoms with Crippen LogP contribution in [0.4, 0.5) is 5.69 Å². The number of ketones is 1. The number of nitrogens with one attached hydrogen (secondary N) is 1. The van der Waals surface area contributed by atoms with Gasteiger partial charge in [-0.15, -0.1) is 0 Å². The third-order valence-electron chi connectivity index (χ3n) is 6.12.